The first-order valence-electron chi connectivity index (χ1n) is 8.26. The number of urea groups is 1. The van der Waals surface area contributed by atoms with Gasteiger partial charge in [0.1, 0.15) is 6.61 Å². The Morgan fingerprint density at radius 3 is 2.96 bits per heavy atom. The van der Waals surface area contributed by atoms with Gasteiger partial charge in [0, 0.05) is 19.7 Å². The van der Waals surface area contributed by atoms with Crippen LogP contribution < -0.4 is 5.32 Å². The van der Waals surface area contributed by atoms with Gasteiger partial charge in [-0.3, -0.25) is 4.79 Å². The van der Waals surface area contributed by atoms with E-state index in [1.165, 1.54) is 0 Å². The van der Waals surface area contributed by atoms with Crippen LogP contribution in [0.15, 0.2) is 4.52 Å². The molecule has 2 rings (SSSR count). The minimum atomic E-state index is -0.325. The zero-order chi connectivity index (χ0) is 17.4. The number of rotatable bonds is 8. The maximum Gasteiger partial charge on any atom is 0.318 e. The Morgan fingerprint density at radius 2 is 2.21 bits per heavy atom. The maximum absolute atomic E-state index is 12.3. The highest BCUT2D eigenvalue weighted by Gasteiger charge is 2.33. The molecular formula is C15H24N4O5. The van der Waals surface area contributed by atoms with E-state index in [-0.39, 0.29) is 37.6 Å². The Bertz CT molecular complexity index is 548. The Morgan fingerprint density at radius 1 is 1.38 bits per heavy atom. The molecule has 1 saturated heterocycles. The number of esters is 1. The summed E-state index contributed by atoms with van der Waals surface area (Å²) in [6.07, 6.45) is 1.79. The lowest BCUT2D eigenvalue weighted by Gasteiger charge is -2.22. The summed E-state index contributed by atoms with van der Waals surface area (Å²) in [6.45, 7) is 5.65. The van der Waals surface area contributed by atoms with Gasteiger partial charge in [0.15, 0.2) is 5.82 Å². The van der Waals surface area contributed by atoms with E-state index in [9.17, 15) is 9.59 Å². The number of hydrogen-bond donors (Lipinski definition) is 1. The van der Waals surface area contributed by atoms with Crippen molar-refractivity contribution in [1.82, 2.24) is 20.4 Å². The summed E-state index contributed by atoms with van der Waals surface area (Å²) in [5.41, 5.74) is 0. The molecular weight excluding hydrogens is 316 g/mol. The van der Waals surface area contributed by atoms with Gasteiger partial charge in [0.05, 0.1) is 19.1 Å². The van der Waals surface area contributed by atoms with Crippen LogP contribution in [0.3, 0.4) is 0 Å². The molecule has 9 heteroatoms. The Kier molecular flexibility index (Phi) is 6.98. The average molecular weight is 340 g/mol. The number of carbonyl (C=O) groups is 2. The average Bonchev–Trinajstić information content (AvgIpc) is 3.21. The van der Waals surface area contributed by atoms with Crippen molar-refractivity contribution in [2.24, 2.45) is 0 Å². The molecule has 2 amide bonds. The predicted molar refractivity (Wildman–Crippen MR) is 83.0 cm³/mol. The van der Waals surface area contributed by atoms with Crippen molar-refractivity contribution in [3.63, 3.8) is 0 Å². The topological polar surface area (TPSA) is 107 Å². The minimum absolute atomic E-state index is 0.152. The number of ether oxygens (including phenoxy) is 2. The molecule has 2 heterocycles. The van der Waals surface area contributed by atoms with Crippen LogP contribution in [0.25, 0.3) is 0 Å². The van der Waals surface area contributed by atoms with E-state index < -0.39 is 0 Å². The van der Waals surface area contributed by atoms with Crippen LogP contribution in [0.1, 0.15) is 50.9 Å². The van der Waals surface area contributed by atoms with E-state index in [1.807, 2.05) is 6.92 Å². The van der Waals surface area contributed by atoms with Crippen molar-refractivity contribution >= 4 is 12.0 Å². The van der Waals surface area contributed by atoms with Crippen molar-refractivity contribution in [3.05, 3.63) is 11.7 Å². The number of hydrogen-bond acceptors (Lipinski definition) is 7. The van der Waals surface area contributed by atoms with Crippen molar-refractivity contribution in [1.29, 1.82) is 0 Å². The molecule has 0 spiro atoms. The molecule has 1 fully saturated rings. The first-order valence-corrected chi connectivity index (χ1v) is 8.26. The fourth-order valence-corrected chi connectivity index (χ4v) is 2.54. The second kappa shape index (κ2) is 9.21. The van der Waals surface area contributed by atoms with Gasteiger partial charge >= 0.3 is 12.0 Å². The van der Waals surface area contributed by atoms with Gasteiger partial charge in [0.25, 0.3) is 5.89 Å². The zero-order valence-electron chi connectivity index (χ0n) is 14.1. The third-order valence-corrected chi connectivity index (χ3v) is 3.64. The van der Waals surface area contributed by atoms with E-state index in [0.717, 1.165) is 12.8 Å². The van der Waals surface area contributed by atoms with Crippen molar-refractivity contribution in [3.8, 4) is 0 Å². The van der Waals surface area contributed by atoms with Crippen LogP contribution in [0.4, 0.5) is 4.79 Å². The third kappa shape index (κ3) is 4.92. The largest absolute Gasteiger partial charge is 0.466 e. The zero-order valence-corrected chi connectivity index (χ0v) is 14.1. The van der Waals surface area contributed by atoms with Gasteiger partial charge in [0.2, 0.25) is 0 Å². The van der Waals surface area contributed by atoms with Crippen molar-refractivity contribution in [2.45, 2.75) is 45.8 Å². The number of carbonyl (C=O) groups excluding carboxylic acids is 2. The highest BCUT2D eigenvalue weighted by atomic mass is 16.5. The monoisotopic (exact) mass is 340 g/mol. The summed E-state index contributed by atoms with van der Waals surface area (Å²) in [7, 11) is 0. The van der Waals surface area contributed by atoms with E-state index in [4.69, 9.17) is 14.0 Å². The van der Waals surface area contributed by atoms with E-state index >= 15 is 0 Å². The molecule has 1 unspecified atom stereocenters. The quantitative estimate of drug-likeness (QED) is 0.713. The second-order valence-electron chi connectivity index (χ2n) is 5.32. The molecule has 9 nitrogen and oxygen atoms in total. The molecule has 1 atom stereocenters. The Balaban J connectivity index is 1.86. The highest BCUT2D eigenvalue weighted by molar-refractivity contribution is 5.76. The van der Waals surface area contributed by atoms with Crippen LogP contribution in [-0.2, 0) is 20.9 Å². The summed E-state index contributed by atoms with van der Waals surface area (Å²) < 4.78 is 15.2. The van der Waals surface area contributed by atoms with Crippen LogP contribution in [0, 0.1) is 0 Å². The van der Waals surface area contributed by atoms with Crippen LogP contribution >= 0.6 is 0 Å². The molecule has 1 aromatic rings. The Labute approximate surface area is 140 Å². The number of likely N-dealkylation sites (tertiary alicyclic amines) is 1. The van der Waals surface area contributed by atoms with E-state index in [1.54, 1.807) is 11.8 Å². The van der Waals surface area contributed by atoms with Crippen molar-refractivity contribution < 1.29 is 23.6 Å². The number of aromatic nitrogens is 2. The van der Waals surface area contributed by atoms with Crippen LogP contribution in [0.2, 0.25) is 0 Å². The molecule has 1 aliphatic rings. The molecule has 0 aliphatic carbocycles. The highest BCUT2D eigenvalue weighted by Crippen LogP contribution is 2.30. The number of nitrogens with one attached hydrogen (secondary N) is 1. The molecule has 0 saturated carbocycles. The van der Waals surface area contributed by atoms with Gasteiger partial charge in [-0.2, -0.15) is 4.98 Å². The maximum atomic E-state index is 12.3. The second-order valence-corrected chi connectivity index (χ2v) is 5.32. The lowest BCUT2D eigenvalue weighted by molar-refractivity contribution is -0.142. The molecule has 1 aliphatic heterocycles. The molecule has 0 bridgehead atoms. The summed E-state index contributed by atoms with van der Waals surface area (Å²) >= 11 is 0. The molecule has 1 N–H and O–H groups in total. The van der Waals surface area contributed by atoms with Crippen LogP contribution in [-0.4, -0.2) is 53.3 Å². The molecule has 0 radical (unpaired) electrons. The predicted octanol–water partition coefficient (Wildman–Crippen LogP) is 1.41. The van der Waals surface area contributed by atoms with Crippen molar-refractivity contribution in [2.75, 3.05) is 26.3 Å². The molecule has 24 heavy (non-hydrogen) atoms. The molecule has 0 aromatic carbocycles. The van der Waals surface area contributed by atoms with Gasteiger partial charge in [-0.1, -0.05) is 5.16 Å². The van der Waals surface area contributed by atoms with Gasteiger partial charge in [-0.15, -0.1) is 0 Å². The fraction of sp³-hybridized carbons (Fsp3) is 0.733. The molecule has 1 aromatic heterocycles. The van der Waals surface area contributed by atoms with Gasteiger partial charge < -0.3 is 24.2 Å². The Hall–Kier alpha value is -2.16. The first-order chi connectivity index (χ1) is 11.7. The van der Waals surface area contributed by atoms with E-state index in [2.05, 4.69) is 15.5 Å². The van der Waals surface area contributed by atoms with Crippen LogP contribution in [0.5, 0.6) is 0 Å². The summed E-state index contributed by atoms with van der Waals surface area (Å²) in [6, 6.07) is -0.454. The standard InChI is InChI=1S/C15H24N4O5/c1-3-22-10-12-17-14(18-24-12)11-6-5-9-19(11)15(21)16-8-7-13(20)23-4-2/h11H,3-10H2,1-2H3,(H,16,21). The van der Waals surface area contributed by atoms with E-state index in [0.29, 0.717) is 31.5 Å². The smallest absolute Gasteiger partial charge is 0.318 e. The first kappa shape index (κ1) is 18.2. The summed E-state index contributed by atoms with van der Waals surface area (Å²) in [4.78, 5) is 29.6. The van der Waals surface area contributed by atoms with Gasteiger partial charge in [-0.25, -0.2) is 4.79 Å². The summed E-state index contributed by atoms with van der Waals surface area (Å²) in [5, 5.41) is 6.68. The fourth-order valence-electron chi connectivity index (χ4n) is 2.54. The number of amides is 2. The normalized spacial score (nSPS) is 17.1. The van der Waals surface area contributed by atoms with Gasteiger partial charge in [-0.05, 0) is 26.7 Å². The minimum Gasteiger partial charge on any atom is -0.466 e. The number of nitrogens with zero attached hydrogens (tertiary/aromatic N) is 3. The lowest BCUT2D eigenvalue weighted by Crippen LogP contribution is -2.40. The lowest BCUT2D eigenvalue weighted by atomic mass is 10.2. The molecule has 134 valence electrons. The SMILES string of the molecule is CCOCc1nc(C2CCCN2C(=O)NCCC(=O)OCC)no1. The summed E-state index contributed by atoms with van der Waals surface area (Å²) in [5.74, 6) is 0.568. The third-order valence-electron chi connectivity index (χ3n) is 3.64.